The van der Waals surface area contributed by atoms with Crippen molar-refractivity contribution in [1.29, 1.82) is 0 Å². The molecule has 0 aliphatic carbocycles. The second kappa shape index (κ2) is 10.8. The van der Waals surface area contributed by atoms with Gasteiger partial charge in [-0.2, -0.15) is 0 Å². The molecule has 0 fully saturated rings. The third-order valence-electron chi connectivity index (χ3n) is 5.20. The molecule has 1 unspecified atom stereocenters. The first-order chi connectivity index (χ1) is 15.0. The van der Waals surface area contributed by atoms with Crippen LogP contribution >= 0.6 is 0 Å². The van der Waals surface area contributed by atoms with Crippen molar-refractivity contribution < 1.29 is 19.1 Å². The van der Waals surface area contributed by atoms with Gasteiger partial charge in [-0.05, 0) is 61.1 Å². The van der Waals surface area contributed by atoms with Gasteiger partial charge in [0.05, 0.1) is 0 Å². The summed E-state index contributed by atoms with van der Waals surface area (Å²) in [6.07, 6.45) is -0.759. The van der Waals surface area contributed by atoms with Crippen LogP contribution in [0.3, 0.4) is 0 Å². The van der Waals surface area contributed by atoms with Crippen molar-refractivity contribution in [2.45, 2.75) is 59.5 Å². The van der Waals surface area contributed by atoms with Crippen LogP contribution in [0.25, 0.3) is 0 Å². The first-order valence-corrected chi connectivity index (χ1v) is 10.7. The van der Waals surface area contributed by atoms with E-state index in [0.29, 0.717) is 11.3 Å². The lowest BCUT2D eigenvalue weighted by Crippen LogP contribution is -2.47. The molecule has 172 valence electrons. The van der Waals surface area contributed by atoms with Crippen molar-refractivity contribution in [3.05, 3.63) is 64.7 Å². The topological polar surface area (TPSA) is 96.5 Å². The van der Waals surface area contributed by atoms with Gasteiger partial charge in [-0.1, -0.05) is 45.0 Å². The molecule has 0 saturated carbocycles. The molecule has 0 saturated heterocycles. The Kier molecular flexibility index (Phi) is 8.41. The maximum Gasteiger partial charge on any atom is 0.279 e. The molecule has 2 rings (SSSR count). The molecule has 0 aliphatic rings. The molecular weight excluding hydrogens is 406 g/mol. The van der Waals surface area contributed by atoms with Gasteiger partial charge in [0.1, 0.15) is 5.75 Å². The maximum atomic E-state index is 12.2. The SMILES string of the molecule is Cc1cccc(OC(C)C(=O)NNC(=O)CCNC(=O)c2ccc(C(C)(C)C)cc2)c1C. The van der Waals surface area contributed by atoms with E-state index in [9.17, 15) is 14.4 Å². The largest absolute Gasteiger partial charge is 0.481 e. The molecular formula is C25H33N3O4. The Bertz CT molecular complexity index is 962. The average molecular weight is 440 g/mol. The van der Waals surface area contributed by atoms with E-state index in [1.807, 2.05) is 38.1 Å². The first kappa shape index (κ1) is 24.9. The quantitative estimate of drug-likeness (QED) is 0.577. The minimum atomic E-state index is -0.786. The fourth-order valence-electron chi connectivity index (χ4n) is 2.90. The summed E-state index contributed by atoms with van der Waals surface area (Å²) in [5, 5.41) is 2.71. The van der Waals surface area contributed by atoms with Gasteiger partial charge in [0.15, 0.2) is 6.10 Å². The van der Waals surface area contributed by atoms with Crippen molar-refractivity contribution in [3.8, 4) is 5.75 Å². The van der Waals surface area contributed by atoms with Crippen LogP contribution in [0, 0.1) is 13.8 Å². The molecule has 7 heteroatoms. The number of aryl methyl sites for hydroxylation is 1. The lowest BCUT2D eigenvalue weighted by Gasteiger charge is -2.19. The third kappa shape index (κ3) is 7.11. The predicted octanol–water partition coefficient (Wildman–Crippen LogP) is 3.34. The fourth-order valence-corrected chi connectivity index (χ4v) is 2.90. The van der Waals surface area contributed by atoms with E-state index in [0.717, 1.165) is 16.7 Å². The number of benzene rings is 2. The number of ether oxygens (including phenoxy) is 1. The molecule has 7 nitrogen and oxygen atoms in total. The van der Waals surface area contributed by atoms with E-state index >= 15 is 0 Å². The fraction of sp³-hybridized carbons (Fsp3) is 0.400. The van der Waals surface area contributed by atoms with Crippen LogP contribution in [0.5, 0.6) is 5.75 Å². The molecule has 3 N–H and O–H groups in total. The number of hydrogen-bond acceptors (Lipinski definition) is 4. The number of nitrogens with one attached hydrogen (secondary N) is 3. The maximum absolute atomic E-state index is 12.2. The number of carbonyl (C=O) groups is 3. The minimum absolute atomic E-state index is 0.0128. The summed E-state index contributed by atoms with van der Waals surface area (Å²) in [5.41, 5.74) is 8.40. The second-order valence-electron chi connectivity index (χ2n) is 8.83. The monoisotopic (exact) mass is 439 g/mol. The highest BCUT2D eigenvalue weighted by Crippen LogP contribution is 2.22. The van der Waals surface area contributed by atoms with Gasteiger partial charge < -0.3 is 10.1 Å². The van der Waals surface area contributed by atoms with E-state index in [4.69, 9.17) is 4.74 Å². The zero-order chi connectivity index (χ0) is 23.9. The van der Waals surface area contributed by atoms with Gasteiger partial charge in [-0.3, -0.25) is 25.2 Å². The highest BCUT2D eigenvalue weighted by molar-refractivity contribution is 5.94. The number of hydrogen-bond donors (Lipinski definition) is 3. The molecule has 0 heterocycles. The Balaban J connectivity index is 1.73. The van der Waals surface area contributed by atoms with Gasteiger partial charge >= 0.3 is 0 Å². The van der Waals surface area contributed by atoms with Crippen LogP contribution in [0.15, 0.2) is 42.5 Å². The average Bonchev–Trinajstić information content (AvgIpc) is 2.74. The second-order valence-corrected chi connectivity index (χ2v) is 8.83. The molecule has 1 atom stereocenters. The Labute approximate surface area is 189 Å². The lowest BCUT2D eigenvalue weighted by atomic mass is 9.87. The zero-order valence-corrected chi connectivity index (χ0v) is 19.7. The van der Waals surface area contributed by atoms with Gasteiger partial charge in [0.2, 0.25) is 5.91 Å². The van der Waals surface area contributed by atoms with Crippen molar-refractivity contribution in [3.63, 3.8) is 0 Å². The van der Waals surface area contributed by atoms with Gasteiger partial charge in [0.25, 0.3) is 11.8 Å². The van der Waals surface area contributed by atoms with Gasteiger partial charge in [-0.15, -0.1) is 0 Å². The zero-order valence-electron chi connectivity index (χ0n) is 19.7. The molecule has 2 aromatic carbocycles. The number of carbonyl (C=O) groups excluding carboxylic acids is 3. The molecule has 32 heavy (non-hydrogen) atoms. The molecule has 0 aromatic heterocycles. The van der Waals surface area contributed by atoms with Crippen LogP contribution in [-0.4, -0.2) is 30.4 Å². The Morgan fingerprint density at radius 1 is 0.969 bits per heavy atom. The van der Waals surface area contributed by atoms with E-state index in [1.54, 1.807) is 25.1 Å². The van der Waals surface area contributed by atoms with Crippen LogP contribution in [0.1, 0.15) is 61.2 Å². The third-order valence-corrected chi connectivity index (χ3v) is 5.20. The summed E-state index contributed by atoms with van der Waals surface area (Å²) in [6.45, 7) is 12.0. The predicted molar refractivity (Wildman–Crippen MR) is 124 cm³/mol. The van der Waals surface area contributed by atoms with E-state index < -0.39 is 17.9 Å². The summed E-state index contributed by atoms with van der Waals surface area (Å²) < 4.78 is 5.69. The van der Waals surface area contributed by atoms with Crippen LogP contribution < -0.4 is 20.9 Å². The molecule has 0 radical (unpaired) electrons. The Hall–Kier alpha value is -3.35. The van der Waals surface area contributed by atoms with Crippen LogP contribution in [0.4, 0.5) is 0 Å². The summed E-state index contributed by atoms with van der Waals surface area (Å²) in [7, 11) is 0. The minimum Gasteiger partial charge on any atom is -0.481 e. The Morgan fingerprint density at radius 3 is 2.25 bits per heavy atom. The molecule has 3 amide bonds. The summed E-state index contributed by atoms with van der Waals surface area (Å²) in [4.78, 5) is 36.4. The van der Waals surface area contributed by atoms with E-state index in [-0.39, 0.29) is 24.3 Å². The normalized spacial score (nSPS) is 11.9. The first-order valence-electron chi connectivity index (χ1n) is 10.7. The molecule has 0 aliphatic heterocycles. The molecule has 2 aromatic rings. The van der Waals surface area contributed by atoms with Crippen molar-refractivity contribution >= 4 is 17.7 Å². The standard InChI is InChI=1S/C25H33N3O4/c1-16-8-7-9-21(17(16)2)32-18(3)23(30)28-27-22(29)14-15-26-24(31)19-10-12-20(13-11-19)25(4,5)6/h7-13,18H,14-15H2,1-6H3,(H,26,31)(H,27,29)(H,28,30). The van der Waals surface area contributed by atoms with Gasteiger partial charge in [0, 0.05) is 18.5 Å². The van der Waals surface area contributed by atoms with Crippen LogP contribution in [0.2, 0.25) is 0 Å². The van der Waals surface area contributed by atoms with Gasteiger partial charge in [-0.25, -0.2) is 0 Å². The molecule has 0 bridgehead atoms. The van der Waals surface area contributed by atoms with Crippen molar-refractivity contribution in [2.24, 2.45) is 0 Å². The lowest BCUT2D eigenvalue weighted by molar-refractivity contribution is -0.132. The number of hydrazine groups is 1. The summed E-state index contributed by atoms with van der Waals surface area (Å²) in [5.74, 6) is -0.516. The van der Waals surface area contributed by atoms with Crippen LogP contribution in [-0.2, 0) is 15.0 Å². The Morgan fingerprint density at radius 2 is 1.62 bits per heavy atom. The number of rotatable bonds is 7. The smallest absolute Gasteiger partial charge is 0.279 e. The van der Waals surface area contributed by atoms with E-state index in [2.05, 4.69) is 36.9 Å². The van der Waals surface area contributed by atoms with E-state index in [1.165, 1.54) is 0 Å². The highest BCUT2D eigenvalue weighted by atomic mass is 16.5. The summed E-state index contributed by atoms with van der Waals surface area (Å²) in [6, 6.07) is 13.0. The number of amides is 3. The van der Waals surface area contributed by atoms with Crippen molar-refractivity contribution in [1.82, 2.24) is 16.2 Å². The summed E-state index contributed by atoms with van der Waals surface area (Å²) >= 11 is 0. The highest BCUT2D eigenvalue weighted by Gasteiger charge is 2.17. The van der Waals surface area contributed by atoms with Crippen molar-refractivity contribution in [2.75, 3.05) is 6.54 Å². The molecule has 0 spiro atoms.